The molecular weight excluding hydrogens is 525 g/mol. The molecule has 0 unspecified atom stereocenters. The number of carbonyl (C=O) groups excluding carboxylic acids is 3. The number of amides is 2. The number of Topliss-reactive ketones (excluding diaryl/α,β-unsaturated/α-hetero) is 1. The normalized spacial score (nSPS) is 12.6. The van der Waals surface area contributed by atoms with Gasteiger partial charge in [0, 0.05) is 33.3 Å². The Morgan fingerprint density at radius 2 is 1.58 bits per heavy atom. The SMILES string of the molecule is CC(=O)c1cccc(N(CC(=O)N(Cc2c(Cl)cccc2Cl)[C@H](C)C(=O)NC(C)(C)C)S(C)(=O)=O)c1. The number of sulfonamides is 1. The molecule has 0 saturated carbocycles. The van der Waals surface area contributed by atoms with Gasteiger partial charge in [0.1, 0.15) is 12.6 Å². The molecule has 0 aliphatic carbocycles. The first-order valence-electron chi connectivity index (χ1n) is 11.1. The van der Waals surface area contributed by atoms with E-state index >= 15 is 0 Å². The van der Waals surface area contributed by atoms with Gasteiger partial charge >= 0.3 is 0 Å². The Balaban J connectivity index is 2.50. The predicted molar refractivity (Wildman–Crippen MR) is 143 cm³/mol. The van der Waals surface area contributed by atoms with Crippen molar-refractivity contribution < 1.29 is 22.8 Å². The molecule has 1 N–H and O–H groups in total. The number of carbonyl (C=O) groups is 3. The number of hydrogen-bond donors (Lipinski definition) is 1. The number of ketones is 1. The van der Waals surface area contributed by atoms with Crippen LogP contribution in [-0.2, 0) is 26.2 Å². The second-order valence-corrected chi connectivity index (χ2v) is 12.2. The number of nitrogens with one attached hydrogen (secondary N) is 1. The quantitative estimate of drug-likeness (QED) is 0.464. The molecule has 196 valence electrons. The Kier molecular flexibility index (Phi) is 9.56. The van der Waals surface area contributed by atoms with E-state index in [9.17, 15) is 22.8 Å². The van der Waals surface area contributed by atoms with Gasteiger partial charge in [0.05, 0.1) is 11.9 Å². The summed E-state index contributed by atoms with van der Waals surface area (Å²) in [6.45, 7) is 7.60. The summed E-state index contributed by atoms with van der Waals surface area (Å²) in [5.41, 5.74) is 0.315. The van der Waals surface area contributed by atoms with E-state index < -0.39 is 40.0 Å². The van der Waals surface area contributed by atoms with E-state index in [1.165, 1.54) is 30.0 Å². The highest BCUT2D eigenvalue weighted by atomic mass is 35.5. The molecule has 2 aromatic carbocycles. The van der Waals surface area contributed by atoms with Crippen LogP contribution in [0.15, 0.2) is 42.5 Å². The van der Waals surface area contributed by atoms with E-state index in [0.29, 0.717) is 21.2 Å². The molecule has 1 atom stereocenters. The third kappa shape index (κ3) is 7.94. The minimum Gasteiger partial charge on any atom is -0.350 e. The summed E-state index contributed by atoms with van der Waals surface area (Å²) >= 11 is 12.7. The Labute approximate surface area is 222 Å². The average Bonchev–Trinajstić information content (AvgIpc) is 2.74. The zero-order chi connectivity index (χ0) is 27.4. The van der Waals surface area contributed by atoms with Crippen LogP contribution >= 0.6 is 23.2 Å². The molecular formula is C25H31Cl2N3O5S. The molecule has 2 aromatic rings. The van der Waals surface area contributed by atoms with E-state index in [0.717, 1.165) is 10.6 Å². The van der Waals surface area contributed by atoms with Gasteiger partial charge in [-0.25, -0.2) is 8.42 Å². The summed E-state index contributed by atoms with van der Waals surface area (Å²) < 4.78 is 26.3. The first-order chi connectivity index (χ1) is 16.5. The minimum atomic E-state index is -3.93. The lowest BCUT2D eigenvalue weighted by molar-refractivity contribution is -0.140. The Bertz CT molecular complexity index is 1240. The molecule has 36 heavy (non-hydrogen) atoms. The lowest BCUT2D eigenvalue weighted by Gasteiger charge is -2.33. The Hall–Kier alpha value is -2.62. The third-order valence-electron chi connectivity index (χ3n) is 5.28. The Morgan fingerprint density at radius 3 is 2.08 bits per heavy atom. The van der Waals surface area contributed by atoms with E-state index in [-0.39, 0.29) is 18.0 Å². The molecule has 0 aliphatic heterocycles. The van der Waals surface area contributed by atoms with Crippen LogP contribution < -0.4 is 9.62 Å². The zero-order valence-electron chi connectivity index (χ0n) is 21.1. The summed E-state index contributed by atoms with van der Waals surface area (Å²) in [6.07, 6.45) is 0.964. The lowest BCUT2D eigenvalue weighted by atomic mass is 10.1. The summed E-state index contributed by atoms with van der Waals surface area (Å²) in [5, 5.41) is 3.44. The standard InChI is InChI=1S/C25H31Cl2N3O5S/c1-16(24(33)28-25(3,4)5)29(14-20-21(26)11-8-12-22(20)27)23(32)15-30(36(6,34)35)19-10-7-9-18(13-19)17(2)31/h7-13,16H,14-15H2,1-6H3,(H,28,33)/t16-/m1/s1. The third-order valence-corrected chi connectivity index (χ3v) is 7.12. The summed E-state index contributed by atoms with van der Waals surface area (Å²) in [7, 11) is -3.93. The van der Waals surface area contributed by atoms with Crippen molar-refractivity contribution >= 4 is 56.5 Å². The highest BCUT2D eigenvalue weighted by molar-refractivity contribution is 7.92. The van der Waals surface area contributed by atoms with Gasteiger partial charge in [-0.3, -0.25) is 18.7 Å². The van der Waals surface area contributed by atoms with Crippen molar-refractivity contribution in [2.45, 2.75) is 52.7 Å². The fourth-order valence-corrected chi connectivity index (χ4v) is 4.76. The molecule has 2 rings (SSSR count). The van der Waals surface area contributed by atoms with E-state index in [4.69, 9.17) is 23.2 Å². The smallest absolute Gasteiger partial charge is 0.244 e. The second-order valence-electron chi connectivity index (χ2n) is 9.51. The van der Waals surface area contributed by atoms with Crippen LogP contribution in [0, 0.1) is 0 Å². The average molecular weight is 557 g/mol. The van der Waals surface area contributed by atoms with Crippen LogP contribution in [0.3, 0.4) is 0 Å². The largest absolute Gasteiger partial charge is 0.350 e. The lowest BCUT2D eigenvalue weighted by Crippen LogP contribution is -2.54. The van der Waals surface area contributed by atoms with Crippen molar-refractivity contribution in [2.24, 2.45) is 0 Å². The topological polar surface area (TPSA) is 104 Å². The zero-order valence-corrected chi connectivity index (χ0v) is 23.5. The molecule has 0 radical (unpaired) electrons. The van der Waals surface area contributed by atoms with Gasteiger partial charge in [0.25, 0.3) is 0 Å². The van der Waals surface area contributed by atoms with Crippen molar-refractivity contribution in [3.63, 3.8) is 0 Å². The van der Waals surface area contributed by atoms with Crippen molar-refractivity contribution in [2.75, 3.05) is 17.1 Å². The first-order valence-corrected chi connectivity index (χ1v) is 13.7. The highest BCUT2D eigenvalue weighted by Crippen LogP contribution is 2.27. The summed E-state index contributed by atoms with van der Waals surface area (Å²) in [5.74, 6) is -1.33. The number of rotatable bonds is 9. The van der Waals surface area contributed by atoms with Gasteiger partial charge < -0.3 is 10.2 Å². The van der Waals surface area contributed by atoms with Crippen LogP contribution in [0.5, 0.6) is 0 Å². The van der Waals surface area contributed by atoms with Crippen molar-refractivity contribution in [3.8, 4) is 0 Å². The number of halogens is 2. The fourth-order valence-electron chi connectivity index (χ4n) is 3.40. The number of hydrogen-bond acceptors (Lipinski definition) is 5. The molecule has 0 aliphatic rings. The molecule has 11 heteroatoms. The van der Waals surface area contributed by atoms with Crippen LogP contribution in [0.4, 0.5) is 5.69 Å². The molecule has 8 nitrogen and oxygen atoms in total. The van der Waals surface area contributed by atoms with E-state index in [2.05, 4.69) is 5.32 Å². The minimum absolute atomic E-state index is 0.124. The van der Waals surface area contributed by atoms with Crippen molar-refractivity contribution in [1.29, 1.82) is 0 Å². The summed E-state index contributed by atoms with van der Waals surface area (Å²) in [4.78, 5) is 39.7. The predicted octanol–water partition coefficient (Wildman–Crippen LogP) is 4.29. The van der Waals surface area contributed by atoms with Crippen molar-refractivity contribution in [1.82, 2.24) is 10.2 Å². The molecule has 0 heterocycles. The van der Waals surface area contributed by atoms with E-state index in [1.807, 2.05) is 20.8 Å². The monoisotopic (exact) mass is 555 g/mol. The van der Waals surface area contributed by atoms with Crippen molar-refractivity contribution in [3.05, 3.63) is 63.6 Å². The molecule has 0 spiro atoms. The maximum absolute atomic E-state index is 13.6. The van der Waals surface area contributed by atoms with Gasteiger partial charge in [0.2, 0.25) is 21.8 Å². The van der Waals surface area contributed by atoms with Crippen LogP contribution in [0.25, 0.3) is 0 Å². The van der Waals surface area contributed by atoms with Crippen LogP contribution in [-0.4, -0.2) is 55.3 Å². The van der Waals surface area contributed by atoms with Crippen LogP contribution in [0.1, 0.15) is 50.5 Å². The van der Waals surface area contributed by atoms with Gasteiger partial charge in [-0.2, -0.15) is 0 Å². The van der Waals surface area contributed by atoms with Crippen LogP contribution in [0.2, 0.25) is 10.0 Å². The molecule has 0 aromatic heterocycles. The number of anilines is 1. The highest BCUT2D eigenvalue weighted by Gasteiger charge is 2.32. The molecule has 0 fully saturated rings. The molecule has 2 amide bonds. The Morgan fingerprint density at radius 1 is 1.03 bits per heavy atom. The first kappa shape index (κ1) is 29.6. The molecule has 0 bridgehead atoms. The maximum Gasteiger partial charge on any atom is 0.244 e. The second kappa shape index (κ2) is 11.6. The number of nitrogens with zero attached hydrogens (tertiary/aromatic N) is 2. The maximum atomic E-state index is 13.6. The number of benzene rings is 2. The van der Waals surface area contributed by atoms with Gasteiger partial charge in [-0.1, -0.05) is 41.4 Å². The fraction of sp³-hybridized carbons (Fsp3) is 0.400. The van der Waals surface area contributed by atoms with Gasteiger partial charge in [-0.15, -0.1) is 0 Å². The van der Waals surface area contributed by atoms with E-state index in [1.54, 1.807) is 31.2 Å². The molecule has 0 saturated heterocycles. The van der Waals surface area contributed by atoms with Gasteiger partial charge in [0.15, 0.2) is 5.78 Å². The van der Waals surface area contributed by atoms with Gasteiger partial charge in [-0.05, 0) is 58.9 Å². The summed E-state index contributed by atoms with van der Waals surface area (Å²) in [6, 6.07) is 9.89.